The van der Waals surface area contributed by atoms with Crippen LogP contribution in [0.5, 0.6) is 0 Å². The van der Waals surface area contributed by atoms with Crippen molar-refractivity contribution in [1.29, 1.82) is 0 Å². The van der Waals surface area contributed by atoms with Crippen molar-refractivity contribution in [3.63, 3.8) is 0 Å². The van der Waals surface area contributed by atoms with Crippen molar-refractivity contribution in [2.75, 3.05) is 0 Å². The number of hydrogen-bond acceptors (Lipinski definition) is 2. The molecule has 0 saturated carbocycles. The van der Waals surface area contributed by atoms with Crippen LogP contribution in [0.3, 0.4) is 0 Å². The van der Waals surface area contributed by atoms with Gasteiger partial charge in [-0.15, -0.1) is 0 Å². The van der Waals surface area contributed by atoms with Gasteiger partial charge in [-0.3, -0.25) is 4.98 Å². The minimum Gasteiger partial charge on any atom is -0.306 e. The summed E-state index contributed by atoms with van der Waals surface area (Å²) < 4.78 is 1.76. The molecule has 3 heteroatoms. The number of rotatable bonds is 2. The van der Waals surface area contributed by atoms with E-state index in [2.05, 4.69) is 23.1 Å². The highest BCUT2D eigenvalue weighted by atomic mass is 15.0. The maximum atomic E-state index is 3.97. The van der Waals surface area contributed by atoms with Gasteiger partial charge >= 0.3 is 0 Å². The fourth-order valence-corrected chi connectivity index (χ4v) is 0.711. The molecule has 0 saturated heterocycles. The summed E-state index contributed by atoms with van der Waals surface area (Å²) in [6.07, 6.45) is 8.21. The molecule has 0 unspecified atom stereocenters. The van der Waals surface area contributed by atoms with Crippen LogP contribution in [0.2, 0.25) is 0 Å². The van der Waals surface area contributed by atoms with Crippen LogP contribution in [0.15, 0.2) is 42.9 Å². The first-order chi connectivity index (χ1) is 5.38. The molecule has 0 aliphatic rings. The van der Waals surface area contributed by atoms with E-state index >= 15 is 0 Å². The van der Waals surface area contributed by atoms with Crippen molar-refractivity contribution in [3.05, 3.63) is 43.4 Å². The fourth-order valence-electron chi connectivity index (χ4n) is 0.711. The maximum absolute atomic E-state index is 3.97. The van der Waals surface area contributed by atoms with Crippen LogP contribution < -0.4 is 5.49 Å². The van der Waals surface area contributed by atoms with E-state index in [4.69, 9.17) is 0 Å². The zero-order valence-electron chi connectivity index (χ0n) is 6.14. The van der Waals surface area contributed by atoms with Gasteiger partial charge < -0.3 is 4.57 Å². The molecule has 0 aromatic carbocycles. The summed E-state index contributed by atoms with van der Waals surface area (Å²) >= 11 is 0. The van der Waals surface area contributed by atoms with Gasteiger partial charge in [0, 0.05) is 24.8 Å². The Hall–Kier alpha value is -1.64. The molecule has 3 nitrogen and oxygen atoms in total. The Morgan fingerprint density at radius 2 is 2.36 bits per heavy atom. The molecule has 1 heterocycles. The van der Waals surface area contributed by atoms with Gasteiger partial charge in [-0.25, -0.2) is 4.99 Å². The second kappa shape index (κ2) is 3.51. The highest BCUT2D eigenvalue weighted by Crippen LogP contribution is 1.77. The quantitative estimate of drug-likeness (QED) is 0.614. The molecule has 0 N–H and O–H groups in total. The molecule has 0 amide bonds. The molecule has 0 aliphatic heterocycles. The van der Waals surface area contributed by atoms with E-state index in [0.29, 0.717) is 0 Å². The molecule has 0 atom stereocenters. The van der Waals surface area contributed by atoms with Crippen LogP contribution in [-0.4, -0.2) is 9.55 Å². The molecule has 0 spiro atoms. The Morgan fingerprint density at radius 1 is 1.55 bits per heavy atom. The SMILES string of the molecule is C=CN=c1cnccn1C=C. The van der Waals surface area contributed by atoms with Crippen molar-refractivity contribution in [2.45, 2.75) is 0 Å². The Bertz CT molecular complexity index is 322. The Morgan fingerprint density at radius 3 is 3.00 bits per heavy atom. The van der Waals surface area contributed by atoms with Crippen molar-refractivity contribution in [1.82, 2.24) is 9.55 Å². The second-order valence-corrected chi connectivity index (χ2v) is 1.84. The first-order valence-electron chi connectivity index (χ1n) is 3.18. The van der Waals surface area contributed by atoms with Crippen molar-refractivity contribution in [2.24, 2.45) is 4.99 Å². The Labute approximate surface area is 65.1 Å². The molecule has 0 fully saturated rings. The monoisotopic (exact) mass is 147 g/mol. The molecular weight excluding hydrogens is 138 g/mol. The van der Waals surface area contributed by atoms with Crippen LogP contribution in [0.1, 0.15) is 0 Å². The summed E-state index contributed by atoms with van der Waals surface area (Å²) in [5, 5.41) is 0. The van der Waals surface area contributed by atoms with Crippen LogP contribution >= 0.6 is 0 Å². The minimum atomic E-state index is 0.720. The lowest BCUT2D eigenvalue weighted by molar-refractivity contribution is 0.968. The molecule has 1 aromatic heterocycles. The van der Waals surface area contributed by atoms with Gasteiger partial charge in [0.2, 0.25) is 0 Å². The van der Waals surface area contributed by atoms with Crippen LogP contribution in [0.25, 0.3) is 6.20 Å². The molecular formula is C8H9N3. The van der Waals surface area contributed by atoms with E-state index in [1.807, 2.05) is 0 Å². The lowest BCUT2D eigenvalue weighted by atomic mass is 10.6. The van der Waals surface area contributed by atoms with E-state index in [-0.39, 0.29) is 0 Å². The number of hydrogen-bond donors (Lipinski definition) is 0. The van der Waals surface area contributed by atoms with E-state index < -0.39 is 0 Å². The summed E-state index contributed by atoms with van der Waals surface area (Å²) in [4.78, 5) is 7.87. The van der Waals surface area contributed by atoms with Crippen molar-refractivity contribution >= 4 is 6.20 Å². The van der Waals surface area contributed by atoms with Gasteiger partial charge in [0.1, 0.15) is 0 Å². The normalized spacial score (nSPS) is 11.1. The predicted octanol–water partition coefficient (Wildman–Crippen LogP) is 1.03. The zero-order chi connectivity index (χ0) is 8.10. The summed E-state index contributed by atoms with van der Waals surface area (Å²) in [5.41, 5.74) is 0.720. The van der Waals surface area contributed by atoms with Gasteiger partial charge in [-0.1, -0.05) is 13.2 Å². The van der Waals surface area contributed by atoms with Crippen LogP contribution in [0, 0.1) is 0 Å². The van der Waals surface area contributed by atoms with Crippen molar-refractivity contribution in [3.8, 4) is 0 Å². The molecule has 1 aromatic rings. The molecule has 11 heavy (non-hydrogen) atoms. The first-order valence-corrected chi connectivity index (χ1v) is 3.18. The number of aromatic nitrogens is 2. The maximum Gasteiger partial charge on any atom is 0.155 e. The summed E-state index contributed by atoms with van der Waals surface area (Å²) in [5.74, 6) is 0. The lowest BCUT2D eigenvalue weighted by Crippen LogP contribution is -2.14. The second-order valence-electron chi connectivity index (χ2n) is 1.84. The van der Waals surface area contributed by atoms with E-state index in [1.54, 1.807) is 29.4 Å². The van der Waals surface area contributed by atoms with Crippen LogP contribution in [-0.2, 0) is 0 Å². The van der Waals surface area contributed by atoms with E-state index in [1.165, 1.54) is 6.20 Å². The Kier molecular flexibility index (Phi) is 2.38. The first kappa shape index (κ1) is 7.47. The summed E-state index contributed by atoms with van der Waals surface area (Å²) in [6.45, 7) is 7.10. The highest BCUT2D eigenvalue weighted by molar-refractivity contribution is 5.14. The molecule has 0 radical (unpaired) electrons. The molecule has 0 bridgehead atoms. The van der Waals surface area contributed by atoms with Crippen molar-refractivity contribution < 1.29 is 0 Å². The van der Waals surface area contributed by atoms with Gasteiger partial charge in [-0.2, -0.15) is 0 Å². The standard InChI is InChI=1S/C8H9N3/c1-3-10-8-7-9-5-6-11(8)4-2/h3-7H,1-2H2. The van der Waals surface area contributed by atoms with E-state index in [9.17, 15) is 0 Å². The largest absolute Gasteiger partial charge is 0.306 e. The average molecular weight is 147 g/mol. The van der Waals surface area contributed by atoms with Gasteiger partial charge in [0.05, 0.1) is 6.20 Å². The lowest BCUT2D eigenvalue weighted by Gasteiger charge is -1.95. The summed E-state index contributed by atoms with van der Waals surface area (Å²) in [6, 6.07) is 0. The van der Waals surface area contributed by atoms with Gasteiger partial charge in [-0.05, 0) is 0 Å². The summed E-state index contributed by atoms with van der Waals surface area (Å²) in [7, 11) is 0. The minimum absolute atomic E-state index is 0.720. The smallest absolute Gasteiger partial charge is 0.155 e. The number of nitrogens with zero attached hydrogens (tertiary/aromatic N) is 3. The Balaban J connectivity index is 3.34. The fraction of sp³-hybridized carbons (Fsp3) is 0. The zero-order valence-corrected chi connectivity index (χ0v) is 6.14. The molecule has 56 valence electrons. The van der Waals surface area contributed by atoms with Gasteiger partial charge in [0.15, 0.2) is 5.49 Å². The third kappa shape index (κ3) is 1.64. The topological polar surface area (TPSA) is 30.2 Å². The molecule has 1 rings (SSSR count). The average Bonchev–Trinajstić information content (AvgIpc) is 2.06. The third-order valence-corrected chi connectivity index (χ3v) is 1.19. The van der Waals surface area contributed by atoms with Crippen LogP contribution in [0.4, 0.5) is 0 Å². The molecule has 0 aliphatic carbocycles. The highest BCUT2D eigenvalue weighted by Gasteiger charge is 1.82. The van der Waals surface area contributed by atoms with Gasteiger partial charge in [0.25, 0.3) is 0 Å². The predicted molar refractivity (Wildman–Crippen MR) is 44.4 cm³/mol. The van der Waals surface area contributed by atoms with E-state index in [0.717, 1.165) is 5.49 Å². The third-order valence-electron chi connectivity index (χ3n) is 1.19.